The Balaban J connectivity index is 1.80. The normalized spacial score (nSPS) is 17.1. The summed E-state index contributed by atoms with van der Waals surface area (Å²) in [5.74, 6) is -1.04. The van der Waals surface area contributed by atoms with Crippen molar-refractivity contribution in [1.82, 2.24) is 4.90 Å². The highest BCUT2D eigenvalue weighted by atomic mass is 32.2. The lowest BCUT2D eigenvalue weighted by Gasteiger charge is -2.28. The second-order valence-electron chi connectivity index (χ2n) is 8.94. The topological polar surface area (TPSA) is 68.3 Å². The molecule has 0 spiro atoms. The first-order valence-electron chi connectivity index (χ1n) is 11.9. The summed E-state index contributed by atoms with van der Waals surface area (Å²) in [4.78, 5) is 30.2. The quantitative estimate of drug-likeness (QED) is 0.351. The van der Waals surface area contributed by atoms with Gasteiger partial charge in [0.15, 0.2) is 17.7 Å². The largest absolute Gasteiger partial charge is 0.494 e. The van der Waals surface area contributed by atoms with Gasteiger partial charge >= 0.3 is 5.97 Å². The zero-order valence-corrected chi connectivity index (χ0v) is 22.3. The second kappa shape index (κ2) is 11.8. The number of fused-ring (bicyclic) bond motifs is 1. The summed E-state index contributed by atoms with van der Waals surface area (Å²) in [7, 11) is 5.15. The molecule has 0 radical (unpaired) electrons. The van der Waals surface area contributed by atoms with Crippen LogP contribution in [0.25, 0.3) is 0 Å². The van der Waals surface area contributed by atoms with E-state index in [0.717, 1.165) is 0 Å². The van der Waals surface area contributed by atoms with E-state index in [2.05, 4.69) is 0 Å². The molecule has 200 valence electrons. The SMILES string of the molecule is COc1ccc([C@@H]2Sc3cc(Oc4ccc(F)cc4)ccc3N(CCN(C)C)C(=O)[C@@H]2OC(C)=O)cc1F. The first-order valence-corrected chi connectivity index (χ1v) is 12.7. The van der Waals surface area contributed by atoms with E-state index >= 15 is 0 Å². The summed E-state index contributed by atoms with van der Waals surface area (Å²) in [5, 5.41) is -0.754. The van der Waals surface area contributed by atoms with Crippen LogP contribution in [-0.2, 0) is 14.3 Å². The first-order chi connectivity index (χ1) is 18.2. The number of benzene rings is 3. The molecule has 1 amide bonds. The van der Waals surface area contributed by atoms with Gasteiger partial charge in [0.05, 0.1) is 18.0 Å². The van der Waals surface area contributed by atoms with Crippen LogP contribution >= 0.6 is 11.8 Å². The lowest BCUT2D eigenvalue weighted by molar-refractivity contribution is -0.152. The highest BCUT2D eigenvalue weighted by Crippen LogP contribution is 2.48. The van der Waals surface area contributed by atoms with Crippen LogP contribution in [0.5, 0.6) is 17.2 Å². The van der Waals surface area contributed by atoms with Crippen LogP contribution in [0.2, 0.25) is 0 Å². The minimum Gasteiger partial charge on any atom is -0.494 e. The molecule has 1 aliphatic rings. The number of anilines is 1. The number of hydrogen-bond acceptors (Lipinski definition) is 7. The number of amides is 1. The number of rotatable bonds is 8. The van der Waals surface area contributed by atoms with E-state index < -0.39 is 29.0 Å². The molecule has 0 saturated heterocycles. The maximum atomic E-state index is 14.7. The predicted octanol–water partition coefficient (Wildman–Crippen LogP) is 5.44. The Morgan fingerprint density at radius 1 is 1.03 bits per heavy atom. The minimum atomic E-state index is -1.21. The molecule has 0 aromatic heterocycles. The van der Waals surface area contributed by atoms with Crippen molar-refractivity contribution in [3.63, 3.8) is 0 Å². The predicted molar refractivity (Wildman–Crippen MR) is 141 cm³/mol. The average Bonchev–Trinajstić information content (AvgIpc) is 2.98. The number of halogens is 2. The molecule has 0 N–H and O–H groups in total. The highest BCUT2D eigenvalue weighted by Gasteiger charge is 2.41. The van der Waals surface area contributed by atoms with E-state index in [1.165, 1.54) is 62.2 Å². The Kier molecular flexibility index (Phi) is 8.53. The number of likely N-dealkylation sites (N-methyl/N-ethyl adjacent to an activating group) is 1. The van der Waals surface area contributed by atoms with Gasteiger partial charge in [-0.15, -0.1) is 11.8 Å². The van der Waals surface area contributed by atoms with E-state index in [1.807, 2.05) is 19.0 Å². The van der Waals surface area contributed by atoms with Gasteiger partial charge in [-0.1, -0.05) is 6.07 Å². The summed E-state index contributed by atoms with van der Waals surface area (Å²) in [6.45, 7) is 2.12. The maximum absolute atomic E-state index is 14.7. The van der Waals surface area contributed by atoms with Gasteiger partial charge in [0.2, 0.25) is 0 Å². The highest BCUT2D eigenvalue weighted by molar-refractivity contribution is 7.99. The van der Waals surface area contributed by atoms with Gasteiger partial charge in [-0.3, -0.25) is 9.59 Å². The third-order valence-electron chi connectivity index (χ3n) is 5.88. The fourth-order valence-corrected chi connectivity index (χ4v) is 5.37. The van der Waals surface area contributed by atoms with Gasteiger partial charge in [-0.05, 0) is 74.3 Å². The Bertz CT molecular complexity index is 1320. The summed E-state index contributed by atoms with van der Waals surface area (Å²) in [5.41, 5.74) is 1.07. The Hall–Kier alpha value is -3.63. The van der Waals surface area contributed by atoms with Crippen LogP contribution < -0.4 is 14.4 Å². The molecular weight excluding hydrogens is 514 g/mol. The van der Waals surface area contributed by atoms with Gasteiger partial charge in [0.1, 0.15) is 17.3 Å². The molecule has 0 fully saturated rings. The number of esters is 1. The van der Waals surface area contributed by atoms with Crippen molar-refractivity contribution >= 4 is 29.3 Å². The smallest absolute Gasteiger partial charge is 0.303 e. The summed E-state index contributed by atoms with van der Waals surface area (Å²) in [6.07, 6.45) is -1.21. The van der Waals surface area contributed by atoms with Gasteiger partial charge < -0.3 is 24.0 Å². The van der Waals surface area contributed by atoms with Gasteiger partial charge in [0, 0.05) is 24.9 Å². The minimum absolute atomic E-state index is 0.0609. The number of ether oxygens (including phenoxy) is 3. The Morgan fingerprint density at radius 3 is 2.37 bits per heavy atom. The van der Waals surface area contributed by atoms with Crippen molar-refractivity contribution in [1.29, 1.82) is 0 Å². The third kappa shape index (κ3) is 6.25. The van der Waals surface area contributed by atoms with E-state index in [9.17, 15) is 18.4 Å². The van der Waals surface area contributed by atoms with Crippen LogP contribution in [0.3, 0.4) is 0 Å². The number of carbonyl (C=O) groups excluding carboxylic acids is 2. The lowest BCUT2D eigenvalue weighted by Crippen LogP contribution is -2.45. The molecule has 2 atom stereocenters. The molecule has 0 aliphatic carbocycles. The number of thioether (sulfide) groups is 1. The van der Waals surface area contributed by atoms with Crippen LogP contribution in [-0.4, -0.2) is 57.2 Å². The maximum Gasteiger partial charge on any atom is 0.303 e. The van der Waals surface area contributed by atoms with Gasteiger partial charge in [-0.2, -0.15) is 0 Å². The standard InChI is InChI=1S/C28H28F2N2O5S/c1-17(33)36-26-27(18-5-12-24(35-4)22(30)15-18)38-25-16-21(37-20-8-6-19(29)7-9-20)10-11-23(25)32(28(26)34)14-13-31(2)3/h5-12,15-16,26-27H,13-14H2,1-4H3/t26-,27+/m1/s1. The molecule has 38 heavy (non-hydrogen) atoms. The van der Waals surface area contributed by atoms with Crippen molar-refractivity contribution in [3.8, 4) is 17.2 Å². The van der Waals surface area contributed by atoms with Crippen molar-refractivity contribution in [2.45, 2.75) is 23.2 Å². The molecule has 1 aliphatic heterocycles. The third-order valence-corrected chi connectivity index (χ3v) is 7.23. The van der Waals surface area contributed by atoms with Crippen LogP contribution in [0.4, 0.5) is 14.5 Å². The van der Waals surface area contributed by atoms with E-state index in [1.54, 1.807) is 29.2 Å². The second-order valence-corrected chi connectivity index (χ2v) is 10.1. The average molecular weight is 543 g/mol. The Labute approximate surface area is 224 Å². The molecular formula is C28H28F2N2O5S. The van der Waals surface area contributed by atoms with Crippen LogP contribution in [0.1, 0.15) is 17.7 Å². The van der Waals surface area contributed by atoms with Crippen LogP contribution in [0, 0.1) is 11.6 Å². The fraction of sp³-hybridized carbons (Fsp3) is 0.286. The number of hydrogen-bond donors (Lipinski definition) is 0. The van der Waals surface area contributed by atoms with E-state index in [4.69, 9.17) is 14.2 Å². The molecule has 0 bridgehead atoms. The molecule has 10 heteroatoms. The number of nitrogens with zero attached hydrogens (tertiary/aromatic N) is 2. The molecule has 7 nitrogen and oxygen atoms in total. The molecule has 0 saturated carbocycles. The van der Waals surface area contributed by atoms with Crippen molar-refractivity contribution in [3.05, 3.63) is 77.9 Å². The van der Waals surface area contributed by atoms with Crippen LogP contribution in [0.15, 0.2) is 65.6 Å². The van der Waals surface area contributed by atoms with E-state index in [-0.39, 0.29) is 11.6 Å². The van der Waals surface area contributed by atoms with Crippen molar-refractivity contribution < 1.29 is 32.6 Å². The van der Waals surface area contributed by atoms with Gasteiger partial charge in [-0.25, -0.2) is 8.78 Å². The number of carbonyl (C=O) groups is 2. The summed E-state index contributed by atoms with van der Waals surface area (Å²) >= 11 is 1.27. The van der Waals surface area contributed by atoms with Crippen molar-refractivity contribution in [2.24, 2.45) is 0 Å². The lowest BCUT2D eigenvalue weighted by atomic mass is 10.0. The summed E-state index contributed by atoms with van der Waals surface area (Å²) < 4.78 is 44.6. The Morgan fingerprint density at radius 2 is 1.74 bits per heavy atom. The molecule has 1 heterocycles. The van der Waals surface area contributed by atoms with Crippen molar-refractivity contribution in [2.75, 3.05) is 39.2 Å². The zero-order valence-electron chi connectivity index (χ0n) is 21.4. The molecule has 0 unspecified atom stereocenters. The molecule has 4 rings (SSSR count). The summed E-state index contributed by atoms with van der Waals surface area (Å²) in [6, 6.07) is 15.3. The molecule has 3 aromatic rings. The number of methoxy groups -OCH3 is 1. The molecule has 3 aromatic carbocycles. The zero-order chi connectivity index (χ0) is 27.4. The fourth-order valence-electron chi connectivity index (χ4n) is 4.04. The monoisotopic (exact) mass is 542 g/mol. The van der Waals surface area contributed by atoms with Gasteiger partial charge in [0.25, 0.3) is 5.91 Å². The van der Waals surface area contributed by atoms with E-state index in [0.29, 0.717) is 40.7 Å². The first kappa shape index (κ1) is 27.4.